The fourth-order valence-corrected chi connectivity index (χ4v) is 2.24. The van der Waals surface area contributed by atoms with Crippen molar-refractivity contribution in [2.24, 2.45) is 0 Å². The van der Waals surface area contributed by atoms with Gasteiger partial charge in [0.05, 0.1) is 9.26 Å². The quantitative estimate of drug-likeness (QED) is 0.625. The molecule has 1 aliphatic rings. The molecule has 5 heteroatoms. The van der Waals surface area contributed by atoms with Gasteiger partial charge in [0, 0.05) is 12.5 Å². The second kappa shape index (κ2) is 4.93. The van der Waals surface area contributed by atoms with Gasteiger partial charge in [0.2, 0.25) is 0 Å². The Morgan fingerprint density at radius 2 is 2.20 bits per heavy atom. The zero-order valence-corrected chi connectivity index (χ0v) is 11.4. The molecule has 15 heavy (non-hydrogen) atoms. The van der Waals surface area contributed by atoms with Crippen LogP contribution in [0.25, 0.3) is 0 Å². The highest BCUT2D eigenvalue weighted by molar-refractivity contribution is 14.1. The molecule has 1 aromatic heterocycles. The van der Waals surface area contributed by atoms with Gasteiger partial charge in [0.25, 0.3) is 0 Å². The Bertz CT molecular complexity index is 369. The van der Waals surface area contributed by atoms with Gasteiger partial charge in [-0.15, -0.1) is 0 Å². The summed E-state index contributed by atoms with van der Waals surface area (Å²) in [4.78, 5) is 8.71. The second-order valence-corrected chi connectivity index (χ2v) is 4.98. The summed E-state index contributed by atoms with van der Waals surface area (Å²) in [5.41, 5.74) is 1.10. The van der Waals surface area contributed by atoms with Crippen LogP contribution in [-0.4, -0.2) is 16.6 Å². The Balaban J connectivity index is 2.24. The van der Waals surface area contributed by atoms with E-state index in [1.54, 1.807) is 0 Å². The first kappa shape index (κ1) is 11.5. The Morgan fingerprint density at radius 3 is 2.80 bits per heavy atom. The van der Waals surface area contributed by atoms with E-state index in [0.717, 1.165) is 9.26 Å². The molecule has 0 saturated heterocycles. The third kappa shape index (κ3) is 2.79. The van der Waals surface area contributed by atoms with Crippen LogP contribution in [0.3, 0.4) is 0 Å². The minimum absolute atomic E-state index is 0.451. The Kier molecular flexibility index (Phi) is 3.79. The lowest BCUT2D eigenvalue weighted by Crippen LogP contribution is -2.04. The molecule has 1 aromatic rings. The molecule has 1 aliphatic carbocycles. The molecule has 1 heterocycles. The van der Waals surface area contributed by atoms with Crippen LogP contribution < -0.4 is 0 Å². The van der Waals surface area contributed by atoms with Crippen LogP contribution in [0.15, 0.2) is 0 Å². The van der Waals surface area contributed by atoms with Crippen LogP contribution in [0.1, 0.15) is 37.2 Å². The van der Waals surface area contributed by atoms with Crippen LogP contribution in [0.5, 0.6) is 0 Å². The van der Waals surface area contributed by atoms with Crippen molar-refractivity contribution >= 4 is 34.2 Å². The predicted molar refractivity (Wildman–Crippen MR) is 67.1 cm³/mol. The largest absolute Gasteiger partial charge is 0.374 e. The predicted octanol–water partition coefficient (Wildman–Crippen LogP) is 3.15. The van der Waals surface area contributed by atoms with Crippen molar-refractivity contribution in [3.8, 4) is 0 Å². The summed E-state index contributed by atoms with van der Waals surface area (Å²) in [6.45, 7) is 3.08. The number of ether oxygens (including phenoxy) is 1. The van der Waals surface area contributed by atoms with Crippen LogP contribution >= 0.6 is 34.2 Å². The number of hydrogen-bond donors (Lipinski definition) is 0. The molecule has 0 N–H and O–H groups in total. The third-order valence-electron chi connectivity index (χ3n) is 2.28. The number of hydrogen-bond acceptors (Lipinski definition) is 3. The first-order valence-electron chi connectivity index (χ1n) is 5.02. The fourth-order valence-electron chi connectivity index (χ4n) is 1.37. The monoisotopic (exact) mass is 338 g/mol. The summed E-state index contributed by atoms with van der Waals surface area (Å²) in [6.07, 6.45) is 2.44. The zero-order chi connectivity index (χ0) is 10.8. The van der Waals surface area contributed by atoms with E-state index in [4.69, 9.17) is 16.3 Å². The van der Waals surface area contributed by atoms with Crippen molar-refractivity contribution in [2.75, 3.05) is 6.61 Å². The average molecular weight is 339 g/mol. The van der Waals surface area contributed by atoms with Crippen LogP contribution in [0.4, 0.5) is 0 Å². The van der Waals surface area contributed by atoms with E-state index in [9.17, 15) is 0 Å². The molecule has 1 fully saturated rings. The summed E-state index contributed by atoms with van der Waals surface area (Å²) in [6, 6.07) is 0. The molecule has 0 atom stereocenters. The van der Waals surface area contributed by atoms with Gasteiger partial charge in [0.1, 0.15) is 11.8 Å². The summed E-state index contributed by atoms with van der Waals surface area (Å²) in [5.74, 6) is 1.29. The molecular formula is C10H12ClIN2O. The minimum atomic E-state index is 0.451. The van der Waals surface area contributed by atoms with Gasteiger partial charge < -0.3 is 4.74 Å². The molecule has 0 amide bonds. The summed E-state index contributed by atoms with van der Waals surface area (Å²) < 4.78 is 6.28. The normalized spacial score (nSPS) is 15.7. The minimum Gasteiger partial charge on any atom is -0.374 e. The first-order valence-corrected chi connectivity index (χ1v) is 6.47. The van der Waals surface area contributed by atoms with E-state index in [2.05, 4.69) is 32.6 Å². The van der Waals surface area contributed by atoms with Gasteiger partial charge >= 0.3 is 0 Å². The van der Waals surface area contributed by atoms with E-state index in [1.807, 2.05) is 6.92 Å². The molecule has 0 aliphatic heterocycles. The van der Waals surface area contributed by atoms with Crippen LogP contribution in [-0.2, 0) is 11.3 Å². The van der Waals surface area contributed by atoms with E-state index in [0.29, 0.717) is 30.1 Å². The van der Waals surface area contributed by atoms with Gasteiger partial charge in [-0.05, 0) is 42.4 Å². The summed E-state index contributed by atoms with van der Waals surface area (Å²) in [5, 5.41) is 0.558. The maximum atomic E-state index is 6.06. The highest BCUT2D eigenvalue weighted by atomic mass is 127. The van der Waals surface area contributed by atoms with Crippen LogP contribution in [0, 0.1) is 3.57 Å². The topological polar surface area (TPSA) is 35.0 Å². The molecule has 0 unspecified atom stereocenters. The highest BCUT2D eigenvalue weighted by Gasteiger charge is 2.29. The molecule has 0 spiro atoms. The van der Waals surface area contributed by atoms with Gasteiger partial charge in [-0.25, -0.2) is 9.97 Å². The second-order valence-electron chi connectivity index (χ2n) is 3.54. The lowest BCUT2D eigenvalue weighted by atomic mass is 10.3. The van der Waals surface area contributed by atoms with Crippen molar-refractivity contribution in [2.45, 2.75) is 32.3 Å². The lowest BCUT2D eigenvalue weighted by molar-refractivity contribution is 0.128. The number of halogens is 2. The number of aromatic nitrogens is 2. The zero-order valence-electron chi connectivity index (χ0n) is 8.46. The molecule has 3 nitrogen and oxygen atoms in total. The van der Waals surface area contributed by atoms with Crippen molar-refractivity contribution in [3.63, 3.8) is 0 Å². The lowest BCUT2D eigenvalue weighted by Gasteiger charge is -2.07. The summed E-state index contributed by atoms with van der Waals surface area (Å²) >= 11 is 8.27. The summed E-state index contributed by atoms with van der Waals surface area (Å²) in [7, 11) is 0. The van der Waals surface area contributed by atoms with Crippen molar-refractivity contribution < 1.29 is 4.74 Å². The molecule has 2 rings (SSSR count). The van der Waals surface area contributed by atoms with E-state index in [-0.39, 0.29) is 0 Å². The Morgan fingerprint density at radius 1 is 1.47 bits per heavy atom. The van der Waals surface area contributed by atoms with Crippen molar-refractivity contribution in [3.05, 3.63) is 20.2 Å². The molecule has 0 bridgehead atoms. The Labute approximate surface area is 108 Å². The number of nitrogens with zero attached hydrogens (tertiary/aromatic N) is 2. The standard InChI is InChI=1S/C10H12ClIN2O/c1-2-15-5-7-13-9(6-3-4-6)8(12)10(11)14-7/h6H,2-5H2,1H3. The van der Waals surface area contributed by atoms with Crippen molar-refractivity contribution in [1.82, 2.24) is 9.97 Å². The van der Waals surface area contributed by atoms with E-state index < -0.39 is 0 Å². The maximum absolute atomic E-state index is 6.06. The van der Waals surface area contributed by atoms with Crippen molar-refractivity contribution in [1.29, 1.82) is 0 Å². The maximum Gasteiger partial charge on any atom is 0.156 e. The SMILES string of the molecule is CCOCc1nc(Cl)c(I)c(C2CC2)n1. The fraction of sp³-hybridized carbons (Fsp3) is 0.600. The Hall–Kier alpha value is 0.0600. The van der Waals surface area contributed by atoms with Gasteiger partial charge in [0.15, 0.2) is 5.82 Å². The molecule has 82 valence electrons. The van der Waals surface area contributed by atoms with Gasteiger partial charge in [-0.1, -0.05) is 11.6 Å². The van der Waals surface area contributed by atoms with Gasteiger partial charge in [-0.2, -0.15) is 0 Å². The van der Waals surface area contributed by atoms with Crippen LogP contribution in [0.2, 0.25) is 5.15 Å². The van der Waals surface area contributed by atoms with Gasteiger partial charge in [-0.3, -0.25) is 0 Å². The highest BCUT2D eigenvalue weighted by Crippen LogP contribution is 2.42. The van der Waals surface area contributed by atoms with E-state index in [1.165, 1.54) is 12.8 Å². The average Bonchev–Trinajstić information content (AvgIpc) is 3.03. The third-order valence-corrected chi connectivity index (χ3v) is 3.94. The molecule has 0 aromatic carbocycles. The van der Waals surface area contributed by atoms with E-state index >= 15 is 0 Å². The molecular weight excluding hydrogens is 326 g/mol. The number of rotatable bonds is 4. The first-order chi connectivity index (χ1) is 7.22. The molecule has 1 saturated carbocycles. The smallest absolute Gasteiger partial charge is 0.156 e. The molecule has 0 radical (unpaired) electrons.